The molecule has 5 nitrogen and oxygen atoms in total. The van der Waals surface area contributed by atoms with Crippen LogP contribution in [0.25, 0.3) is 11.4 Å². The molecule has 2 rings (SSSR count). The lowest BCUT2D eigenvalue weighted by Gasteiger charge is -2.11. The van der Waals surface area contributed by atoms with E-state index in [2.05, 4.69) is 10.2 Å². The van der Waals surface area contributed by atoms with Crippen LogP contribution in [0.15, 0.2) is 29.4 Å². The maximum absolute atomic E-state index is 11.6. The van der Waals surface area contributed by atoms with E-state index >= 15 is 0 Å². The highest BCUT2D eigenvalue weighted by atomic mass is 35.7. The van der Waals surface area contributed by atoms with Gasteiger partial charge in [0.05, 0.1) is 0 Å². The zero-order chi connectivity index (χ0) is 14.9. The molecule has 1 aromatic heterocycles. The Hall–Kier alpha value is -1.11. The second kappa shape index (κ2) is 5.71. The summed E-state index contributed by atoms with van der Waals surface area (Å²) in [6.45, 7) is 4.37. The summed E-state index contributed by atoms with van der Waals surface area (Å²) in [7, 11) is 1.45. The standard InChI is InChI=1S/C12H13Cl2N3O2S/c1-8(2)7-17-11(9-4-3-5-10(13)6-9)15-16-12(17)20(14,18)19/h3-6,8H,7H2,1-2H3. The number of nitrogens with zero attached hydrogens (tertiary/aromatic N) is 3. The highest BCUT2D eigenvalue weighted by Crippen LogP contribution is 2.25. The van der Waals surface area contributed by atoms with Crippen molar-refractivity contribution < 1.29 is 8.42 Å². The minimum Gasteiger partial charge on any atom is -0.297 e. The average Bonchev–Trinajstić information content (AvgIpc) is 2.71. The fourth-order valence-electron chi connectivity index (χ4n) is 1.84. The summed E-state index contributed by atoms with van der Waals surface area (Å²) in [5.74, 6) is 0.640. The van der Waals surface area contributed by atoms with Crippen molar-refractivity contribution in [1.82, 2.24) is 14.8 Å². The molecule has 0 N–H and O–H groups in total. The second-order valence-electron chi connectivity index (χ2n) is 4.76. The van der Waals surface area contributed by atoms with Crippen molar-refractivity contribution in [3.8, 4) is 11.4 Å². The minimum absolute atomic E-state index is 0.209. The molecule has 0 aliphatic rings. The van der Waals surface area contributed by atoms with E-state index in [0.717, 1.165) is 0 Å². The SMILES string of the molecule is CC(C)Cn1c(-c2cccc(Cl)c2)nnc1S(=O)(=O)Cl. The van der Waals surface area contributed by atoms with Gasteiger partial charge >= 0.3 is 0 Å². The molecule has 8 heteroatoms. The van der Waals surface area contributed by atoms with E-state index in [4.69, 9.17) is 22.3 Å². The molecule has 0 radical (unpaired) electrons. The van der Waals surface area contributed by atoms with Gasteiger partial charge in [0.25, 0.3) is 14.2 Å². The average molecular weight is 334 g/mol. The van der Waals surface area contributed by atoms with Gasteiger partial charge in [-0.15, -0.1) is 10.2 Å². The maximum Gasteiger partial charge on any atom is 0.296 e. The Labute approximate surface area is 127 Å². The van der Waals surface area contributed by atoms with Crippen molar-refractivity contribution >= 4 is 31.3 Å². The molecule has 0 fully saturated rings. The molecule has 0 unspecified atom stereocenters. The fraction of sp³-hybridized carbons (Fsp3) is 0.333. The number of hydrogen-bond acceptors (Lipinski definition) is 4. The molecular weight excluding hydrogens is 321 g/mol. The van der Waals surface area contributed by atoms with Crippen molar-refractivity contribution in [3.63, 3.8) is 0 Å². The molecule has 0 saturated carbocycles. The lowest BCUT2D eigenvalue weighted by Crippen LogP contribution is -2.11. The van der Waals surface area contributed by atoms with Crippen molar-refractivity contribution in [1.29, 1.82) is 0 Å². The van der Waals surface area contributed by atoms with Gasteiger partial charge < -0.3 is 0 Å². The number of hydrogen-bond donors (Lipinski definition) is 0. The summed E-state index contributed by atoms with van der Waals surface area (Å²) in [5.41, 5.74) is 0.692. The lowest BCUT2D eigenvalue weighted by atomic mass is 10.2. The Morgan fingerprint density at radius 1 is 1.30 bits per heavy atom. The third kappa shape index (κ3) is 3.31. The number of aromatic nitrogens is 3. The first-order valence-corrected chi connectivity index (χ1v) is 8.61. The first-order valence-electron chi connectivity index (χ1n) is 5.93. The molecule has 108 valence electrons. The summed E-state index contributed by atoms with van der Waals surface area (Å²) >= 11 is 5.95. The van der Waals surface area contributed by atoms with Crippen molar-refractivity contribution in [2.45, 2.75) is 25.5 Å². The van der Waals surface area contributed by atoms with Gasteiger partial charge in [0.1, 0.15) is 0 Å². The predicted molar refractivity (Wildman–Crippen MR) is 78.3 cm³/mol. The van der Waals surface area contributed by atoms with Crippen LogP contribution in [0.1, 0.15) is 13.8 Å². The molecule has 1 heterocycles. The van der Waals surface area contributed by atoms with E-state index in [-0.39, 0.29) is 11.1 Å². The van der Waals surface area contributed by atoms with Gasteiger partial charge in [-0.2, -0.15) is 0 Å². The minimum atomic E-state index is -3.95. The van der Waals surface area contributed by atoms with Gasteiger partial charge in [0.2, 0.25) is 0 Å². The zero-order valence-corrected chi connectivity index (χ0v) is 13.2. The number of rotatable bonds is 4. The van der Waals surface area contributed by atoms with Crippen LogP contribution in [-0.4, -0.2) is 23.2 Å². The normalized spacial score (nSPS) is 12.1. The molecule has 0 saturated heterocycles. The summed E-state index contributed by atoms with van der Waals surface area (Å²) in [4.78, 5) is 0. The number of benzene rings is 1. The van der Waals surface area contributed by atoms with Crippen molar-refractivity contribution in [2.75, 3.05) is 0 Å². The number of halogens is 2. The quantitative estimate of drug-likeness (QED) is 0.806. The molecule has 1 aromatic carbocycles. The van der Waals surface area contributed by atoms with Gasteiger partial charge in [0.15, 0.2) is 5.82 Å². The zero-order valence-electron chi connectivity index (χ0n) is 10.9. The molecule has 2 aromatic rings. The van der Waals surface area contributed by atoms with Crippen LogP contribution in [0.5, 0.6) is 0 Å². The Bertz CT molecular complexity index is 726. The molecule has 0 bridgehead atoms. The Morgan fingerprint density at radius 3 is 2.55 bits per heavy atom. The molecule has 0 spiro atoms. The largest absolute Gasteiger partial charge is 0.297 e. The third-order valence-corrected chi connectivity index (χ3v) is 3.95. The lowest BCUT2D eigenvalue weighted by molar-refractivity contribution is 0.488. The first kappa shape index (κ1) is 15.3. The van der Waals surface area contributed by atoms with E-state index in [1.54, 1.807) is 24.3 Å². The van der Waals surface area contributed by atoms with Crippen LogP contribution in [0.2, 0.25) is 5.02 Å². The van der Waals surface area contributed by atoms with E-state index < -0.39 is 9.05 Å². The van der Waals surface area contributed by atoms with Crippen LogP contribution >= 0.6 is 22.3 Å². The van der Waals surface area contributed by atoms with E-state index in [0.29, 0.717) is 23.0 Å². The molecule has 0 aliphatic carbocycles. The van der Waals surface area contributed by atoms with Gasteiger partial charge in [0, 0.05) is 27.8 Å². The van der Waals surface area contributed by atoms with Crippen LogP contribution in [0.3, 0.4) is 0 Å². The topological polar surface area (TPSA) is 64.8 Å². The monoisotopic (exact) mass is 333 g/mol. The maximum atomic E-state index is 11.6. The highest BCUT2D eigenvalue weighted by molar-refractivity contribution is 8.13. The Morgan fingerprint density at radius 2 is 2.00 bits per heavy atom. The van der Waals surface area contributed by atoms with Crippen LogP contribution in [0.4, 0.5) is 0 Å². The van der Waals surface area contributed by atoms with Gasteiger partial charge in [-0.25, -0.2) is 8.42 Å². The third-order valence-electron chi connectivity index (χ3n) is 2.57. The van der Waals surface area contributed by atoms with Crippen LogP contribution in [0, 0.1) is 5.92 Å². The van der Waals surface area contributed by atoms with Crippen LogP contribution < -0.4 is 0 Å². The summed E-state index contributed by atoms with van der Waals surface area (Å²) in [5, 5.41) is 7.93. The predicted octanol–water partition coefficient (Wildman–Crippen LogP) is 3.18. The first-order chi connectivity index (χ1) is 9.29. The molecular formula is C12H13Cl2N3O2S. The smallest absolute Gasteiger partial charge is 0.296 e. The van der Waals surface area contributed by atoms with Gasteiger partial charge in [-0.3, -0.25) is 4.57 Å². The van der Waals surface area contributed by atoms with Crippen LogP contribution in [-0.2, 0) is 15.6 Å². The van der Waals surface area contributed by atoms with Gasteiger partial charge in [-0.05, 0) is 18.1 Å². The summed E-state index contributed by atoms with van der Waals surface area (Å²) < 4.78 is 24.6. The van der Waals surface area contributed by atoms with Gasteiger partial charge in [-0.1, -0.05) is 37.6 Å². The molecule has 20 heavy (non-hydrogen) atoms. The summed E-state index contributed by atoms with van der Waals surface area (Å²) in [6, 6.07) is 6.98. The molecule has 0 atom stereocenters. The van der Waals surface area contributed by atoms with Crippen molar-refractivity contribution in [3.05, 3.63) is 29.3 Å². The Balaban J connectivity index is 2.62. The van der Waals surface area contributed by atoms with Crippen molar-refractivity contribution in [2.24, 2.45) is 5.92 Å². The molecule has 0 amide bonds. The highest BCUT2D eigenvalue weighted by Gasteiger charge is 2.23. The van der Waals surface area contributed by atoms with E-state index in [1.807, 2.05) is 13.8 Å². The van der Waals surface area contributed by atoms with E-state index in [9.17, 15) is 8.42 Å². The molecule has 0 aliphatic heterocycles. The van der Waals surface area contributed by atoms with E-state index in [1.165, 1.54) is 4.57 Å². The Kier molecular flexibility index (Phi) is 4.36. The summed E-state index contributed by atoms with van der Waals surface area (Å²) in [6.07, 6.45) is 0. The second-order valence-corrected chi connectivity index (χ2v) is 7.65. The fourth-order valence-corrected chi connectivity index (χ4v) is 2.94.